The molecule has 0 aromatic rings. The van der Waals surface area contributed by atoms with Crippen molar-refractivity contribution >= 4 is 0 Å². The number of methoxy groups -OCH3 is 1. The quantitative estimate of drug-likeness (QED) is 0.455. The summed E-state index contributed by atoms with van der Waals surface area (Å²) in [6, 6.07) is 0. The van der Waals surface area contributed by atoms with Crippen LogP contribution < -0.4 is 0 Å². The van der Waals surface area contributed by atoms with E-state index in [-0.39, 0.29) is 34.6 Å². The van der Waals surface area contributed by atoms with Crippen molar-refractivity contribution in [1.82, 2.24) is 0 Å². The van der Waals surface area contributed by atoms with Crippen LogP contribution >= 0.6 is 0 Å². The normalized spacial score (nSPS) is 64.9. The SMILES string of the molecule is CO[C@@H]1C[C@H]2[C@@H]3C[C@@H]4O[C@]5(CCC(C)CO5)[C@@H](C)[C@@H]4[C@@]3(C)CC[C@@H]2[C@@]2(C)[C@H](O[C@@H]3O[C@H](C)[C@H](O)[C@H](O)[C@H]3O)C[C@@H]3C[C@]312. The first-order valence-corrected chi connectivity index (χ1v) is 17.1. The van der Waals surface area contributed by atoms with Gasteiger partial charge in [0, 0.05) is 30.3 Å². The average Bonchev–Trinajstić information content (AvgIpc) is 3.40. The van der Waals surface area contributed by atoms with Crippen molar-refractivity contribution in [1.29, 1.82) is 0 Å². The van der Waals surface area contributed by atoms with Crippen LogP contribution in [0.4, 0.5) is 0 Å². The number of fused-ring (bicyclic) bond motifs is 6. The molecule has 0 aromatic heterocycles. The number of ether oxygens (including phenoxy) is 5. The Hall–Kier alpha value is -0.320. The molecule has 1 unspecified atom stereocenters. The first-order valence-electron chi connectivity index (χ1n) is 17.1. The van der Waals surface area contributed by atoms with E-state index in [9.17, 15) is 15.3 Å². The summed E-state index contributed by atoms with van der Waals surface area (Å²) in [7, 11) is 1.90. The lowest BCUT2D eigenvalue weighted by molar-refractivity contribution is -0.321. The highest BCUT2D eigenvalue weighted by Gasteiger charge is 2.82. The Labute approximate surface area is 251 Å². The summed E-state index contributed by atoms with van der Waals surface area (Å²) in [4.78, 5) is 0. The predicted octanol–water partition coefficient (Wildman–Crippen LogP) is 3.88. The standard InChI is InChI=1S/C34H54O8/c1-16-7-10-34(39-15-16)17(2)26-23(42-34)13-22-20-12-25(38-6)33-14-19(33)11-24(32(33,5)21(20)8-9-31(22,26)4)41-30-29(37)28(36)27(35)18(3)40-30/h16-30,35-37H,7-15H2,1-6H3/t16?,17-,18+,19+,20+,21-,22-,23-,24+,25+,26-,27-,28-,29+,30-,31-,32-,33-,34+/m0/s1. The first-order chi connectivity index (χ1) is 19.9. The molecule has 3 heterocycles. The zero-order valence-electron chi connectivity index (χ0n) is 26.4. The van der Waals surface area contributed by atoms with Gasteiger partial charge in [-0.2, -0.15) is 0 Å². The van der Waals surface area contributed by atoms with Gasteiger partial charge in [0.25, 0.3) is 0 Å². The molecule has 0 aromatic carbocycles. The Balaban J connectivity index is 1.09. The van der Waals surface area contributed by atoms with E-state index in [1.807, 2.05) is 7.11 Å². The van der Waals surface area contributed by atoms with Gasteiger partial charge in [-0.3, -0.25) is 0 Å². The van der Waals surface area contributed by atoms with Gasteiger partial charge >= 0.3 is 0 Å². The molecule has 19 atom stereocenters. The van der Waals surface area contributed by atoms with Gasteiger partial charge in [0.2, 0.25) is 0 Å². The largest absolute Gasteiger partial charge is 0.388 e. The van der Waals surface area contributed by atoms with Crippen molar-refractivity contribution in [2.75, 3.05) is 13.7 Å². The number of hydrogen-bond donors (Lipinski definition) is 3. The molecule has 0 bridgehead atoms. The molecule has 8 rings (SSSR count). The Morgan fingerprint density at radius 1 is 0.857 bits per heavy atom. The number of hydrogen-bond acceptors (Lipinski definition) is 8. The molecule has 8 fully saturated rings. The third-order valence-corrected chi connectivity index (χ3v) is 15.2. The molecule has 5 aliphatic carbocycles. The summed E-state index contributed by atoms with van der Waals surface area (Å²) < 4.78 is 32.7. The second-order valence-electron chi connectivity index (χ2n) is 16.6. The number of rotatable bonds is 3. The third-order valence-electron chi connectivity index (χ3n) is 15.2. The van der Waals surface area contributed by atoms with E-state index < -0.39 is 36.5 Å². The summed E-state index contributed by atoms with van der Waals surface area (Å²) in [5, 5.41) is 31.6. The Bertz CT molecular complexity index is 1080. The summed E-state index contributed by atoms with van der Waals surface area (Å²) in [5.74, 6) is 3.29. The fraction of sp³-hybridized carbons (Fsp3) is 1.00. The minimum absolute atomic E-state index is 0.0858. The molecule has 8 heteroatoms. The minimum atomic E-state index is -1.28. The monoisotopic (exact) mass is 590 g/mol. The van der Waals surface area contributed by atoms with Gasteiger partial charge in [-0.05, 0) is 92.8 Å². The van der Waals surface area contributed by atoms with Gasteiger partial charge in [0.05, 0.1) is 31.0 Å². The summed E-state index contributed by atoms with van der Waals surface area (Å²) in [6.07, 6.45) is 4.04. The maximum absolute atomic E-state index is 10.9. The zero-order valence-corrected chi connectivity index (χ0v) is 26.4. The Morgan fingerprint density at radius 2 is 1.64 bits per heavy atom. The van der Waals surface area contributed by atoms with Crippen LogP contribution in [0.3, 0.4) is 0 Å². The van der Waals surface area contributed by atoms with Crippen LogP contribution in [0.15, 0.2) is 0 Å². The van der Waals surface area contributed by atoms with E-state index in [4.69, 9.17) is 23.7 Å². The highest BCUT2D eigenvalue weighted by Crippen LogP contribution is 2.83. The fourth-order valence-electron chi connectivity index (χ4n) is 13.1. The lowest BCUT2D eigenvalue weighted by Crippen LogP contribution is -2.62. The summed E-state index contributed by atoms with van der Waals surface area (Å²) >= 11 is 0. The average molecular weight is 591 g/mol. The molecule has 8 aliphatic rings. The lowest BCUT2D eigenvalue weighted by atomic mass is 9.44. The van der Waals surface area contributed by atoms with Crippen LogP contribution in [-0.4, -0.2) is 83.8 Å². The molecule has 5 saturated carbocycles. The van der Waals surface area contributed by atoms with E-state index in [1.54, 1.807) is 6.92 Å². The van der Waals surface area contributed by atoms with Crippen LogP contribution in [0, 0.1) is 57.7 Å². The Kier molecular flexibility index (Phi) is 6.49. The van der Waals surface area contributed by atoms with Crippen LogP contribution in [0.25, 0.3) is 0 Å². The van der Waals surface area contributed by atoms with E-state index in [0.29, 0.717) is 41.4 Å². The van der Waals surface area contributed by atoms with Crippen LogP contribution in [0.1, 0.15) is 86.0 Å². The number of aliphatic hydroxyl groups is 3. The third kappa shape index (κ3) is 3.48. The van der Waals surface area contributed by atoms with Crippen molar-refractivity contribution in [2.24, 2.45) is 57.7 Å². The maximum atomic E-state index is 10.9. The fourth-order valence-corrected chi connectivity index (χ4v) is 13.1. The second-order valence-corrected chi connectivity index (χ2v) is 16.6. The van der Waals surface area contributed by atoms with Crippen molar-refractivity contribution in [2.45, 2.75) is 141 Å². The van der Waals surface area contributed by atoms with Crippen LogP contribution in [-0.2, 0) is 23.7 Å². The molecule has 8 nitrogen and oxygen atoms in total. The van der Waals surface area contributed by atoms with Gasteiger partial charge in [-0.25, -0.2) is 0 Å². The van der Waals surface area contributed by atoms with Gasteiger partial charge in [-0.15, -0.1) is 0 Å². The van der Waals surface area contributed by atoms with Crippen LogP contribution in [0.2, 0.25) is 0 Å². The minimum Gasteiger partial charge on any atom is -0.388 e. The lowest BCUT2D eigenvalue weighted by Gasteiger charge is -2.62. The van der Waals surface area contributed by atoms with Crippen molar-refractivity contribution in [3.63, 3.8) is 0 Å². The maximum Gasteiger partial charge on any atom is 0.186 e. The zero-order chi connectivity index (χ0) is 29.6. The summed E-state index contributed by atoms with van der Waals surface area (Å²) in [5.41, 5.74) is 0.209. The molecular formula is C34H54O8. The predicted molar refractivity (Wildman–Crippen MR) is 153 cm³/mol. The molecule has 3 N–H and O–H groups in total. The number of aliphatic hydroxyl groups excluding tert-OH is 3. The molecule has 42 heavy (non-hydrogen) atoms. The van der Waals surface area contributed by atoms with E-state index in [0.717, 1.165) is 32.3 Å². The molecule has 2 spiro atoms. The van der Waals surface area contributed by atoms with Crippen molar-refractivity contribution in [3.05, 3.63) is 0 Å². The molecule has 238 valence electrons. The smallest absolute Gasteiger partial charge is 0.186 e. The van der Waals surface area contributed by atoms with Gasteiger partial charge < -0.3 is 39.0 Å². The van der Waals surface area contributed by atoms with Gasteiger partial charge in [0.1, 0.15) is 18.3 Å². The van der Waals surface area contributed by atoms with Gasteiger partial charge in [-0.1, -0.05) is 27.7 Å². The molecule has 3 aliphatic heterocycles. The molecule has 0 radical (unpaired) electrons. The highest BCUT2D eigenvalue weighted by molar-refractivity contribution is 5.29. The van der Waals surface area contributed by atoms with Crippen molar-refractivity contribution < 1.29 is 39.0 Å². The van der Waals surface area contributed by atoms with E-state index >= 15 is 0 Å². The topological polar surface area (TPSA) is 107 Å². The van der Waals surface area contributed by atoms with Gasteiger partial charge in [0.15, 0.2) is 12.1 Å². The van der Waals surface area contributed by atoms with E-state index in [2.05, 4.69) is 27.7 Å². The van der Waals surface area contributed by atoms with E-state index in [1.165, 1.54) is 25.7 Å². The molecular weight excluding hydrogens is 536 g/mol. The molecule has 3 saturated heterocycles. The Morgan fingerprint density at radius 3 is 2.36 bits per heavy atom. The first kappa shape index (κ1) is 29.1. The molecule has 0 amide bonds. The van der Waals surface area contributed by atoms with Crippen LogP contribution in [0.5, 0.6) is 0 Å². The highest BCUT2D eigenvalue weighted by atomic mass is 16.7. The summed E-state index contributed by atoms with van der Waals surface area (Å²) in [6.45, 7) is 12.3. The second kappa shape index (κ2) is 9.37. The van der Waals surface area contributed by atoms with Crippen molar-refractivity contribution in [3.8, 4) is 0 Å².